The standard InChI is InChI=1S/C47H29N7O/c55-45-36-21-11-13-23-39(36)53-42-29-33(32-24-26-40-37(28-32)35-20-10-12-22-38(35)52(40)34-18-8-3-9-19-34)25-27-41(42)54(47(53)51-45)46-49-43(30-14-4-1-5-15-30)48-44(50-46)31-16-6-2-7-17-31/h1-29H. The Labute approximate surface area is 313 Å². The van der Waals surface area contributed by atoms with E-state index in [-0.39, 0.29) is 5.56 Å². The summed E-state index contributed by atoms with van der Waals surface area (Å²) in [5, 5.41) is 2.89. The quantitative estimate of drug-likeness (QED) is 0.178. The lowest BCUT2D eigenvalue weighted by molar-refractivity contribution is 0.928. The maximum Gasteiger partial charge on any atom is 0.282 e. The van der Waals surface area contributed by atoms with Gasteiger partial charge in [0, 0.05) is 27.6 Å². The summed E-state index contributed by atoms with van der Waals surface area (Å²) in [4.78, 5) is 33.3. The van der Waals surface area contributed by atoms with Crippen LogP contribution in [0.4, 0.5) is 0 Å². The molecule has 0 radical (unpaired) electrons. The van der Waals surface area contributed by atoms with Gasteiger partial charge < -0.3 is 4.57 Å². The summed E-state index contributed by atoms with van der Waals surface area (Å²) in [5.74, 6) is 1.83. The van der Waals surface area contributed by atoms with Gasteiger partial charge in [-0.3, -0.25) is 9.20 Å². The van der Waals surface area contributed by atoms with E-state index >= 15 is 0 Å². The van der Waals surface area contributed by atoms with E-state index in [0.29, 0.717) is 28.8 Å². The van der Waals surface area contributed by atoms with Crippen LogP contribution in [0.2, 0.25) is 0 Å². The van der Waals surface area contributed by atoms with Gasteiger partial charge in [0.2, 0.25) is 11.7 Å². The molecular weight excluding hydrogens is 679 g/mol. The Morgan fingerprint density at radius 2 is 0.909 bits per heavy atom. The van der Waals surface area contributed by atoms with E-state index < -0.39 is 0 Å². The van der Waals surface area contributed by atoms with Crippen LogP contribution in [-0.2, 0) is 0 Å². The Bertz CT molecular complexity index is 3270. The first-order valence-electron chi connectivity index (χ1n) is 18.1. The molecule has 0 saturated heterocycles. The Balaban J connectivity index is 1.18. The van der Waals surface area contributed by atoms with E-state index in [4.69, 9.17) is 19.9 Å². The van der Waals surface area contributed by atoms with Gasteiger partial charge in [0.15, 0.2) is 11.6 Å². The zero-order valence-corrected chi connectivity index (χ0v) is 29.3. The van der Waals surface area contributed by atoms with E-state index in [1.54, 1.807) is 0 Å². The van der Waals surface area contributed by atoms with E-state index in [1.807, 2.05) is 100.0 Å². The molecule has 0 aliphatic carbocycles. The Hall–Kier alpha value is -7.71. The molecule has 0 bridgehead atoms. The Morgan fingerprint density at radius 1 is 0.364 bits per heavy atom. The highest BCUT2D eigenvalue weighted by molar-refractivity contribution is 6.10. The van der Waals surface area contributed by atoms with Crippen LogP contribution < -0.4 is 5.56 Å². The van der Waals surface area contributed by atoms with Crippen LogP contribution in [0.3, 0.4) is 0 Å². The number of nitrogens with zero attached hydrogens (tertiary/aromatic N) is 7. The summed E-state index contributed by atoms with van der Waals surface area (Å²) < 4.78 is 6.25. The van der Waals surface area contributed by atoms with Gasteiger partial charge in [-0.2, -0.15) is 15.0 Å². The van der Waals surface area contributed by atoms with Crippen LogP contribution in [0, 0.1) is 0 Å². The summed E-state index contributed by atoms with van der Waals surface area (Å²) in [6.07, 6.45) is 0. The highest BCUT2D eigenvalue weighted by Crippen LogP contribution is 2.37. The third-order valence-corrected chi connectivity index (χ3v) is 10.3. The molecule has 7 aromatic carbocycles. The molecule has 11 rings (SSSR count). The maximum absolute atomic E-state index is 13.7. The molecule has 4 aromatic heterocycles. The summed E-state index contributed by atoms with van der Waals surface area (Å²) >= 11 is 0. The average Bonchev–Trinajstić information content (AvgIpc) is 3.76. The van der Waals surface area contributed by atoms with Gasteiger partial charge in [-0.05, 0) is 65.7 Å². The summed E-state index contributed by atoms with van der Waals surface area (Å²) in [6.45, 7) is 0. The lowest BCUT2D eigenvalue weighted by Gasteiger charge is -2.10. The average molecular weight is 708 g/mol. The predicted octanol–water partition coefficient (Wildman–Crippen LogP) is 10.1. The fraction of sp³-hybridized carbons (Fsp3) is 0. The van der Waals surface area contributed by atoms with Crippen LogP contribution in [0.5, 0.6) is 0 Å². The lowest BCUT2D eigenvalue weighted by Crippen LogP contribution is -2.13. The minimum atomic E-state index is -0.319. The third kappa shape index (κ3) is 4.89. The van der Waals surface area contributed by atoms with E-state index in [9.17, 15) is 4.79 Å². The molecule has 0 saturated carbocycles. The molecule has 0 amide bonds. The smallest absolute Gasteiger partial charge is 0.282 e. The van der Waals surface area contributed by atoms with Gasteiger partial charge in [-0.15, -0.1) is 0 Å². The number of imidazole rings is 1. The van der Waals surface area contributed by atoms with Crippen molar-refractivity contribution in [1.29, 1.82) is 0 Å². The second-order valence-corrected chi connectivity index (χ2v) is 13.5. The molecular formula is C47H29N7O. The second-order valence-electron chi connectivity index (χ2n) is 13.5. The van der Waals surface area contributed by atoms with Gasteiger partial charge in [-0.1, -0.05) is 121 Å². The molecule has 0 aliphatic rings. The fourth-order valence-corrected chi connectivity index (χ4v) is 7.83. The number of rotatable bonds is 5. The number of fused-ring (bicyclic) bond motifs is 8. The van der Waals surface area contributed by atoms with Crippen LogP contribution in [0.1, 0.15) is 0 Å². The first kappa shape index (κ1) is 30.9. The first-order valence-corrected chi connectivity index (χ1v) is 18.1. The molecule has 8 nitrogen and oxygen atoms in total. The van der Waals surface area contributed by atoms with Gasteiger partial charge in [0.1, 0.15) is 0 Å². The monoisotopic (exact) mass is 707 g/mol. The lowest BCUT2D eigenvalue weighted by atomic mass is 10.0. The predicted molar refractivity (Wildman–Crippen MR) is 220 cm³/mol. The van der Waals surface area contributed by atoms with Crippen LogP contribution in [0.15, 0.2) is 181 Å². The molecule has 0 spiro atoms. The van der Waals surface area contributed by atoms with Crippen LogP contribution >= 0.6 is 0 Å². The molecule has 0 fully saturated rings. The van der Waals surface area contributed by atoms with Crippen LogP contribution in [-0.4, -0.2) is 33.5 Å². The van der Waals surface area contributed by atoms with Crippen LogP contribution in [0.25, 0.3) is 95.1 Å². The minimum absolute atomic E-state index is 0.319. The van der Waals surface area contributed by atoms with Crippen molar-refractivity contribution in [3.63, 3.8) is 0 Å². The van der Waals surface area contributed by atoms with Crippen molar-refractivity contribution in [3.8, 4) is 45.5 Å². The number of aromatic nitrogens is 7. The first-order chi connectivity index (χ1) is 27.2. The number of benzene rings is 7. The van der Waals surface area contributed by atoms with E-state index in [0.717, 1.165) is 55.5 Å². The number of para-hydroxylation sites is 3. The molecule has 55 heavy (non-hydrogen) atoms. The van der Waals surface area contributed by atoms with Crippen molar-refractivity contribution >= 4 is 49.5 Å². The third-order valence-electron chi connectivity index (χ3n) is 10.3. The molecule has 8 heteroatoms. The molecule has 11 aromatic rings. The molecule has 0 N–H and O–H groups in total. The minimum Gasteiger partial charge on any atom is -0.309 e. The highest BCUT2D eigenvalue weighted by Gasteiger charge is 2.22. The second kappa shape index (κ2) is 12.2. The van der Waals surface area contributed by atoms with E-state index in [1.165, 1.54) is 10.8 Å². The molecule has 0 atom stereocenters. The summed E-state index contributed by atoms with van der Waals surface area (Å²) in [6, 6.07) is 59.4. The topological polar surface area (TPSA) is 82.9 Å². The summed E-state index contributed by atoms with van der Waals surface area (Å²) in [7, 11) is 0. The maximum atomic E-state index is 13.7. The fourth-order valence-electron chi connectivity index (χ4n) is 7.83. The molecule has 0 unspecified atom stereocenters. The van der Waals surface area contributed by atoms with Crippen molar-refractivity contribution in [2.75, 3.05) is 0 Å². The number of hydrogen-bond donors (Lipinski definition) is 0. The largest absolute Gasteiger partial charge is 0.309 e. The number of hydrogen-bond acceptors (Lipinski definition) is 5. The normalized spacial score (nSPS) is 11.7. The zero-order chi connectivity index (χ0) is 36.5. The molecule has 258 valence electrons. The van der Waals surface area contributed by atoms with Crippen molar-refractivity contribution in [3.05, 3.63) is 186 Å². The van der Waals surface area contributed by atoms with Gasteiger partial charge in [-0.25, -0.2) is 9.55 Å². The molecule has 4 heterocycles. The van der Waals surface area contributed by atoms with Crippen molar-refractivity contribution in [2.45, 2.75) is 0 Å². The van der Waals surface area contributed by atoms with Gasteiger partial charge >= 0.3 is 0 Å². The Kier molecular flexibility index (Phi) is 6.84. The van der Waals surface area contributed by atoms with Crippen molar-refractivity contribution < 1.29 is 0 Å². The van der Waals surface area contributed by atoms with Gasteiger partial charge in [0.25, 0.3) is 5.56 Å². The van der Waals surface area contributed by atoms with Crippen molar-refractivity contribution in [1.82, 2.24) is 33.5 Å². The zero-order valence-electron chi connectivity index (χ0n) is 29.3. The Morgan fingerprint density at radius 3 is 1.60 bits per heavy atom. The van der Waals surface area contributed by atoms with E-state index in [2.05, 4.69) is 89.5 Å². The van der Waals surface area contributed by atoms with Gasteiger partial charge in [0.05, 0.1) is 33.0 Å². The highest BCUT2D eigenvalue weighted by atomic mass is 16.1. The van der Waals surface area contributed by atoms with Crippen molar-refractivity contribution in [2.24, 2.45) is 0 Å². The summed E-state index contributed by atoms with van der Waals surface area (Å²) in [5.41, 5.74) is 9.32. The molecule has 0 aliphatic heterocycles. The SMILES string of the molecule is O=c1nc2n(-c3nc(-c4ccccc4)nc(-c4ccccc4)n3)c3ccc(-c4ccc5c(c4)c4ccccc4n5-c4ccccc4)cc3n2c2ccccc12.